The molecule has 3 aliphatic heterocycles. The fourth-order valence-electron chi connectivity index (χ4n) is 4.11. The molecule has 0 spiro atoms. The first-order valence-electron chi connectivity index (χ1n) is 10.1. The Kier molecular flexibility index (Phi) is 5.26. The fourth-order valence-corrected chi connectivity index (χ4v) is 4.11. The van der Waals surface area contributed by atoms with E-state index in [-0.39, 0.29) is 41.6 Å². The van der Waals surface area contributed by atoms with Crippen LogP contribution >= 0.6 is 0 Å². The molecular weight excluding hydrogens is 405 g/mol. The van der Waals surface area contributed by atoms with E-state index >= 15 is 0 Å². The first-order valence-corrected chi connectivity index (χ1v) is 10.1. The van der Waals surface area contributed by atoms with Crippen molar-refractivity contribution in [2.24, 2.45) is 5.41 Å². The Morgan fingerprint density at radius 3 is 2.61 bits per heavy atom. The SMILES string of the molecule is CC(C)(C)[C@H]1CO[C@@H]2CN3C=C(C(=O)NCc4ccc(F)cc4)C(O)C(O)=C3C(=O)N21. The van der Waals surface area contributed by atoms with E-state index in [1.807, 2.05) is 20.8 Å². The maximum atomic E-state index is 13.2. The second kappa shape index (κ2) is 7.65. The summed E-state index contributed by atoms with van der Waals surface area (Å²) in [6.07, 6.45) is -0.761. The Morgan fingerprint density at radius 2 is 1.97 bits per heavy atom. The third-order valence-electron chi connectivity index (χ3n) is 5.89. The minimum Gasteiger partial charge on any atom is -0.507 e. The Balaban J connectivity index is 1.54. The van der Waals surface area contributed by atoms with Crippen LogP contribution in [0.3, 0.4) is 0 Å². The average Bonchev–Trinajstić information content (AvgIpc) is 3.14. The van der Waals surface area contributed by atoms with Crippen molar-refractivity contribution in [3.05, 3.63) is 58.9 Å². The first kappa shape index (κ1) is 21.3. The second-order valence-corrected chi connectivity index (χ2v) is 9.06. The summed E-state index contributed by atoms with van der Waals surface area (Å²) in [4.78, 5) is 28.9. The molecule has 2 saturated heterocycles. The number of amides is 2. The zero-order valence-electron chi connectivity index (χ0n) is 17.6. The van der Waals surface area contributed by atoms with Gasteiger partial charge < -0.3 is 30.1 Å². The number of halogens is 1. The molecule has 0 bridgehead atoms. The molecule has 3 atom stereocenters. The summed E-state index contributed by atoms with van der Waals surface area (Å²) in [5.41, 5.74) is 0.322. The molecule has 0 radical (unpaired) electrons. The molecule has 3 aliphatic rings. The molecule has 2 amide bonds. The number of fused-ring (bicyclic) bond motifs is 2. The zero-order chi connectivity index (χ0) is 22.5. The van der Waals surface area contributed by atoms with Crippen LogP contribution in [-0.4, -0.2) is 63.4 Å². The molecular formula is C22H26FN3O5. The molecule has 1 unspecified atom stereocenters. The first-order chi connectivity index (χ1) is 14.6. The summed E-state index contributed by atoms with van der Waals surface area (Å²) >= 11 is 0. The van der Waals surface area contributed by atoms with Crippen LogP contribution in [0.2, 0.25) is 0 Å². The van der Waals surface area contributed by atoms with Gasteiger partial charge in [-0.25, -0.2) is 4.39 Å². The number of hydrogen-bond acceptors (Lipinski definition) is 6. The van der Waals surface area contributed by atoms with E-state index in [9.17, 15) is 24.2 Å². The van der Waals surface area contributed by atoms with Crippen molar-refractivity contribution in [1.82, 2.24) is 15.1 Å². The van der Waals surface area contributed by atoms with Crippen LogP contribution in [0.1, 0.15) is 26.3 Å². The van der Waals surface area contributed by atoms with Crippen molar-refractivity contribution >= 4 is 11.8 Å². The topological polar surface area (TPSA) is 102 Å². The number of piperazine rings is 1. The second-order valence-electron chi connectivity index (χ2n) is 9.06. The van der Waals surface area contributed by atoms with Crippen molar-refractivity contribution in [3.8, 4) is 0 Å². The summed E-state index contributed by atoms with van der Waals surface area (Å²) in [5, 5.41) is 23.8. The van der Waals surface area contributed by atoms with Crippen LogP contribution in [0.15, 0.2) is 47.5 Å². The van der Waals surface area contributed by atoms with Crippen LogP contribution in [0.5, 0.6) is 0 Å². The lowest BCUT2D eigenvalue weighted by Gasteiger charge is -2.44. The molecule has 2 fully saturated rings. The summed E-state index contributed by atoms with van der Waals surface area (Å²) in [6, 6.07) is 5.48. The largest absolute Gasteiger partial charge is 0.507 e. The van der Waals surface area contributed by atoms with Gasteiger partial charge in [0.15, 0.2) is 12.0 Å². The highest BCUT2D eigenvalue weighted by molar-refractivity contribution is 5.99. The predicted molar refractivity (Wildman–Crippen MR) is 109 cm³/mol. The van der Waals surface area contributed by atoms with Crippen LogP contribution in [0.4, 0.5) is 4.39 Å². The molecule has 0 aromatic heterocycles. The highest BCUT2D eigenvalue weighted by atomic mass is 19.1. The van der Waals surface area contributed by atoms with Crippen LogP contribution in [-0.2, 0) is 20.9 Å². The minimum absolute atomic E-state index is 0.0430. The van der Waals surface area contributed by atoms with Crippen LogP contribution < -0.4 is 5.32 Å². The molecule has 0 saturated carbocycles. The lowest BCUT2D eigenvalue weighted by atomic mass is 9.86. The van der Waals surface area contributed by atoms with E-state index in [2.05, 4.69) is 5.32 Å². The molecule has 3 heterocycles. The summed E-state index contributed by atoms with van der Waals surface area (Å²) in [5.74, 6) is -1.98. The normalized spacial score (nSPS) is 25.9. The minimum atomic E-state index is -1.63. The summed E-state index contributed by atoms with van der Waals surface area (Å²) in [7, 11) is 0. The van der Waals surface area contributed by atoms with E-state index in [0.717, 1.165) is 0 Å². The maximum Gasteiger partial charge on any atom is 0.276 e. The lowest BCUT2D eigenvalue weighted by molar-refractivity contribution is -0.143. The van der Waals surface area contributed by atoms with E-state index in [1.54, 1.807) is 4.90 Å². The highest BCUT2D eigenvalue weighted by Crippen LogP contribution is 2.38. The smallest absolute Gasteiger partial charge is 0.276 e. The molecule has 166 valence electrons. The van der Waals surface area contributed by atoms with Gasteiger partial charge in [0.2, 0.25) is 0 Å². The van der Waals surface area contributed by atoms with Gasteiger partial charge in [0.25, 0.3) is 11.8 Å². The zero-order valence-corrected chi connectivity index (χ0v) is 17.6. The molecule has 8 nitrogen and oxygen atoms in total. The van der Waals surface area contributed by atoms with Gasteiger partial charge in [-0.15, -0.1) is 0 Å². The van der Waals surface area contributed by atoms with E-state index in [4.69, 9.17) is 4.74 Å². The Hall–Kier alpha value is -2.91. The van der Waals surface area contributed by atoms with Gasteiger partial charge in [0.05, 0.1) is 24.8 Å². The number of benzene rings is 1. The number of carbonyl (C=O) groups excluding carboxylic acids is 2. The van der Waals surface area contributed by atoms with Crippen molar-refractivity contribution in [1.29, 1.82) is 0 Å². The van der Waals surface area contributed by atoms with E-state index in [0.29, 0.717) is 12.2 Å². The van der Waals surface area contributed by atoms with E-state index < -0.39 is 29.9 Å². The molecule has 1 aromatic carbocycles. The van der Waals surface area contributed by atoms with Crippen molar-refractivity contribution in [2.45, 2.75) is 45.7 Å². The van der Waals surface area contributed by atoms with Crippen molar-refractivity contribution in [3.63, 3.8) is 0 Å². The fraction of sp³-hybridized carbons (Fsp3) is 0.455. The Morgan fingerprint density at radius 1 is 1.29 bits per heavy atom. The number of rotatable bonds is 3. The molecule has 31 heavy (non-hydrogen) atoms. The van der Waals surface area contributed by atoms with Crippen molar-refractivity contribution < 1.29 is 28.9 Å². The number of nitrogens with one attached hydrogen (secondary N) is 1. The monoisotopic (exact) mass is 431 g/mol. The number of aliphatic hydroxyl groups is 2. The standard InChI is InChI=1S/C22H26FN3O5/c1-22(2,3)15-11-31-16-10-25-9-14(18(27)19(28)17(25)21(30)26(15)16)20(29)24-8-12-4-6-13(23)7-5-12/h4-7,9,15-16,18,27-28H,8,10-11H2,1-3H3,(H,24,29)/t15-,16-,18?/m1/s1. The number of nitrogens with zero attached hydrogens (tertiary/aromatic N) is 2. The number of carbonyl (C=O) groups is 2. The van der Waals surface area contributed by atoms with Crippen LogP contribution in [0, 0.1) is 11.2 Å². The van der Waals surface area contributed by atoms with Gasteiger partial charge in [0.1, 0.15) is 17.6 Å². The Bertz CT molecular complexity index is 966. The summed E-state index contributed by atoms with van der Waals surface area (Å²) < 4.78 is 18.9. The molecule has 3 N–H and O–H groups in total. The number of hydrogen-bond donors (Lipinski definition) is 3. The lowest BCUT2D eigenvalue weighted by Crippen LogP contribution is -2.58. The molecule has 9 heteroatoms. The van der Waals surface area contributed by atoms with Gasteiger partial charge in [0, 0.05) is 12.7 Å². The van der Waals surface area contributed by atoms with Gasteiger partial charge in [-0.1, -0.05) is 32.9 Å². The third kappa shape index (κ3) is 3.79. The molecule has 1 aromatic rings. The maximum absolute atomic E-state index is 13.2. The van der Waals surface area contributed by atoms with Gasteiger partial charge in [-0.3, -0.25) is 9.59 Å². The predicted octanol–water partition coefficient (Wildman–Crippen LogP) is 1.39. The summed E-state index contributed by atoms with van der Waals surface area (Å²) in [6.45, 7) is 6.76. The van der Waals surface area contributed by atoms with Gasteiger partial charge in [-0.2, -0.15) is 0 Å². The third-order valence-corrected chi connectivity index (χ3v) is 5.89. The average molecular weight is 431 g/mol. The quantitative estimate of drug-likeness (QED) is 0.669. The highest BCUT2D eigenvalue weighted by Gasteiger charge is 2.51. The molecule has 4 rings (SSSR count). The van der Waals surface area contributed by atoms with Crippen LogP contribution in [0.25, 0.3) is 0 Å². The number of aliphatic hydroxyl groups excluding tert-OH is 2. The van der Waals surface area contributed by atoms with Gasteiger partial charge >= 0.3 is 0 Å². The van der Waals surface area contributed by atoms with Gasteiger partial charge in [-0.05, 0) is 23.1 Å². The van der Waals surface area contributed by atoms with Crippen molar-refractivity contribution in [2.75, 3.05) is 13.2 Å². The molecule has 0 aliphatic carbocycles. The van der Waals surface area contributed by atoms with E-state index in [1.165, 1.54) is 35.4 Å². The Labute approximate surface area is 179 Å². The number of ether oxygens (including phenoxy) is 1.